The maximum absolute atomic E-state index is 13.0. The van der Waals surface area contributed by atoms with E-state index in [1.54, 1.807) is 23.6 Å². The quantitative estimate of drug-likeness (QED) is 0.419. The smallest absolute Gasteiger partial charge is 0.247 e. The van der Waals surface area contributed by atoms with Crippen LogP contribution >= 0.6 is 11.8 Å². The summed E-state index contributed by atoms with van der Waals surface area (Å²) in [5, 5.41) is 9.52. The number of benzene rings is 2. The van der Waals surface area contributed by atoms with Crippen LogP contribution < -0.4 is 9.64 Å². The molecule has 1 atom stereocenters. The molecule has 0 N–H and O–H groups in total. The first kappa shape index (κ1) is 23.2. The second-order valence-electron chi connectivity index (χ2n) is 8.70. The van der Waals surface area contributed by atoms with Gasteiger partial charge in [-0.25, -0.2) is 0 Å². The van der Waals surface area contributed by atoms with Crippen LogP contribution in [0.15, 0.2) is 47.6 Å². The van der Waals surface area contributed by atoms with Gasteiger partial charge in [-0.15, -0.1) is 10.2 Å². The van der Waals surface area contributed by atoms with Gasteiger partial charge in [0.2, 0.25) is 23.2 Å². The summed E-state index contributed by atoms with van der Waals surface area (Å²) in [4.78, 5) is 19.4. The Labute approximate surface area is 199 Å². The van der Waals surface area contributed by atoms with E-state index in [0.717, 1.165) is 46.5 Å². The van der Waals surface area contributed by atoms with E-state index in [9.17, 15) is 4.79 Å². The van der Waals surface area contributed by atoms with Gasteiger partial charge in [0, 0.05) is 23.8 Å². The summed E-state index contributed by atoms with van der Waals surface area (Å²) in [7, 11) is 0. The van der Waals surface area contributed by atoms with Crippen molar-refractivity contribution in [1.29, 1.82) is 0 Å². The van der Waals surface area contributed by atoms with Crippen LogP contribution in [-0.4, -0.2) is 26.8 Å². The second-order valence-corrected chi connectivity index (χ2v) is 9.76. The van der Waals surface area contributed by atoms with Crippen LogP contribution in [0.1, 0.15) is 57.0 Å². The minimum atomic E-state index is -0.651. The van der Waals surface area contributed by atoms with E-state index in [1.165, 1.54) is 0 Å². The number of hydrogen-bond donors (Lipinski definition) is 0. The highest BCUT2D eigenvalue weighted by atomic mass is 32.2. The van der Waals surface area contributed by atoms with E-state index in [4.69, 9.17) is 9.72 Å². The molecular weight excluding hydrogens is 432 g/mol. The molecule has 1 amide bonds. The highest BCUT2D eigenvalue weighted by Crippen LogP contribution is 2.44. The maximum Gasteiger partial charge on any atom is 0.247 e. The Balaban J connectivity index is 1.87. The van der Waals surface area contributed by atoms with Crippen molar-refractivity contribution in [2.45, 2.75) is 58.8 Å². The van der Waals surface area contributed by atoms with E-state index in [0.29, 0.717) is 22.6 Å². The van der Waals surface area contributed by atoms with Crippen LogP contribution in [0.3, 0.4) is 0 Å². The molecule has 0 radical (unpaired) electrons. The average Bonchev–Trinajstić information content (AvgIpc) is 2.92. The fraction of sp³-hybridized carbons (Fsp3) is 0.385. The molecule has 4 rings (SSSR count). The summed E-state index contributed by atoms with van der Waals surface area (Å²) < 4.78 is 6.50. The van der Waals surface area contributed by atoms with Gasteiger partial charge < -0.3 is 4.74 Å². The Kier molecular flexibility index (Phi) is 6.98. The summed E-state index contributed by atoms with van der Waals surface area (Å²) in [5.74, 6) is 1.82. The van der Waals surface area contributed by atoms with Gasteiger partial charge in [-0.1, -0.05) is 62.9 Å². The number of aryl methyl sites for hydroxylation is 2. The lowest BCUT2D eigenvalue weighted by Crippen LogP contribution is -2.36. The maximum atomic E-state index is 13.0. The molecule has 0 fully saturated rings. The van der Waals surface area contributed by atoms with E-state index in [-0.39, 0.29) is 5.91 Å². The molecule has 0 spiro atoms. The molecule has 172 valence electrons. The number of thioether (sulfide) groups is 1. The number of ether oxygens (including phenoxy) is 1. The minimum absolute atomic E-state index is 0.110. The summed E-state index contributed by atoms with van der Waals surface area (Å²) in [5.41, 5.74) is 5.24. The summed E-state index contributed by atoms with van der Waals surface area (Å²) in [6, 6.07) is 14.1. The largest absolute Gasteiger partial charge is 0.447 e. The first-order valence-electron chi connectivity index (χ1n) is 11.4. The summed E-state index contributed by atoms with van der Waals surface area (Å²) in [6.45, 7) is 10.1. The van der Waals surface area contributed by atoms with Crippen molar-refractivity contribution in [1.82, 2.24) is 15.2 Å². The zero-order chi connectivity index (χ0) is 23.5. The molecule has 1 aromatic heterocycles. The molecule has 0 aliphatic carbocycles. The normalized spacial score (nSPS) is 15.0. The SMILES string of the molecule is CCc1ccc2c(c1)-c1nnc(SCCC(C)C)nc1O[C@H](c1ccccc1C)N2C(C)=O. The van der Waals surface area contributed by atoms with Crippen molar-refractivity contribution in [2.24, 2.45) is 5.92 Å². The Hall–Kier alpha value is -2.93. The number of fused-ring (bicyclic) bond motifs is 3. The number of hydrogen-bond acceptors (Lipinski definition) is 6. The topological polar surface area (TPSA) is 68.2 Å². The summed E-state index contributed by atoms with van der Waals surface area (Å²) >= 11 is 1.58. The molecule has 6 nitrogen and oxygen atoms in total. The van der Waals surface area contributed by atoms with Crippen molar-refractivity contribution in [3.8, 4) is 17.1 Å². The van der Waals surface area contributed by atoms with E-state index >= 15 is 0 Å². The van der Waals surface area contributed by atoms with Gasteiger partial charge >= 0.3 is 0 Å². The monoisotopic (exact) mass is 462 g/mol. The minimum Gasteiger partial charge on any atom is -0.447 e. The number of amides is 1. The molecule has 1 aliphatic rings. The first-order chi connectivity index (χ1) is 15.9. The molecule has 0 bridgehead atoms. The summed E-state index contributed by atoms with van der Waals surface area (Å²) in [6.07, 6.45) is 1.29. The molecule has 2 heterocycles. The third kappa shape index (κ3) is 4.88. The van der Waals surface area contributed by atoms with E-state index in [2.05, 4.69) is 37.0 Å². The molecule has 1 aliphatic heterocycles. The number of aromatic nitrogens is 3. The average molecular weight is 463 g/mol. The third-order valence-electron chi connectivity index (χ3n) is 5.80. The van der Waals surface area contributed by atoms with Gasteiger partial charge in [0.05, 0.1) is 5.69 Å². The van der Waals surface area contributed by atoms with Crippen LogP contribution in [0.2, 0.25) is 0 Å². The number of carbonyl (C=O) groups is 1. The van der Waals surface area contributed by atoms with Crippen LogP contribution in [0.25, 0.3) is 11.3 Å². The molecule has 2 aromatic carbocycles. The number of nitrogens with zero attached hydrogens (tertiary/aromatic N) is 4. The molecule has 7 heteroatoms. The van der Waals surface area contributed by atoms with Gasteiger partial charge in [-0.2, -0.15) is 4.98 Å². The zero-order valence-electron chi connectivity index (χ0n) is 19.8. The van der Waals surface area contributed by atoms with Crippen LogP contribution in [-0.2, 0) is 11.2 Å². The van der Waals surface area contributed by atoms with Crippen LogP contribution in [0, 0.1) is 12.8 Å². The number of carbonyl (C=O) groups excluding carboxylic acids is 1. The predicted octanol–water partition coefficient (Wildman–Crippen LogP) is 5.99. The van der Waals surface area contributed by atoms with Gasteiger partial charge in [0.15, 0.2) is 5.69 Å². The highest BCUT2D eigenvalue weighted by Gasteiger charge is 2.35. The molecular formula is C26H30N4O2S. The Morgan fingerprint density at radius 3 is 2.67 bits per heavy atom. The van der Waals surface area contributed by atoms with Gasteiger partial charge in [-0.3, -0.25) is 9.69 Å². The second kappa shape index (κ2) is 9.91. The fourth-order valence-corrected chi connectivity index (χ4v) is 4.90. The van der Waals surface area contributed by atoms with Crippen molar-refractivity contribution in [3.05, 3.63) is 59.2 Å². The van der Waals surface area contributed by atoms with Gasteiger partial charge in [0.1, 0.15) is 0 Å². The molecule has 0 unspecified atom stereocenters. The van der Waals surface area contributed by atoms with E-state index in [1.807, 2.05) is 43.3 Å². The van der Waals surface area contributed by atoms with Gasteiger partial charge in [0.25, 0.3) is 0 Å². The predicted molar refractivity (Wildman–Crippen MR) is 133 cm³/mol. The highest BCUT2D eigenvalue weighted by molar-refractivity contribution is 7.99. The molecule has 0 saturated carbocycles. The van der Waals surface area contributed by atoms with Gasteiger partial charge in [-0.05, 0) is 48.9 Å². The molecule has 3 aromatic rings. The van der Waals surface area contributed by atoms with Crippen molar-refractivity contribution in [2.75, 3.05) is 10.7 Å². The lowest BCUT2D eigenvalue weighted by Gasteiger charge is -2.30. The molecule has 33 heavy (non-hydrogen) atoms. The Morgan fingerprint density at radius 1 is 1.18 bits per heavy atom. The van der Waals surface area contributed by atoms with Crippen molar-refractivity contribution < 1.29 is 9.53 Å². The number of rotatable bonds is 6. The lowest BCUT2D eigenvalue weighted by molar-refractivity contribution is -0.118. The standard InChI is InChI=1S/C26H30N4O2S/c1-6-19-11-12-22-21(15-19)23-24(27-26(29-28-23)33-14-13-16(2)3)32-25(30(22)18(5)31)20-10-8-7-9-17(20)4/h7-12,15-16,25H,6,13-14H2,1-5H3/t25-/m1/s1. The van der Waals surface area contributed by atoms with Crippen molar-refractivity contribution in [3.63, 3.8) is 0 Å². The van der Waals surface area contributed by atoms with E-state index < -0.39 is 6.23 Å². The lowest BCUT2D eigenvalue weighted by atomic mass is 10.0. The zero-order valence-corrected chi connectivity index (χ0v) is 20.6. The van der Waals surface area contributed by atoms with Crippen molar-refractivity contribution >= 4 is 23.4 Å². The molecule has 0 saturated heterocycles. The fourth-order valence-electron chi connectivity index (χ4n) is 3.88. The third-order valence-corrected chi connectivity index (χ3v) is 6.67. The Morgan fingerprint density at radius 2 is 1.97 bits per heavy atom. The first-order valence-corrected chi connectivity index (χ1v) is 12.4. The Bertz CT molecular complexity index is 1160. The number of anilines is 1. The van der Waals surface area contributed by atoms with Crippen LogP contribution in [0.4, 0.5) is 5.69 Å². The van der Waals surface area contributed by atoms with Crippen LogP contribution in [0.5, 0.6) is 5.88 Å².